The summed E-state index contributed by atoms with van der Waals surface area (Å²) in [6, 6.07) is 0. The Kier molecular flexibility index (Phi) is 57.0. The van der Waals surface area contributed by atoms with Crippen molar-refractivity contribution in [3.8, 4) is 0 Å². The quantitative estimate of drug-likeness (QED) is 0.0373. The third-order valence-electron chi connectivity index (χ3n) is 11.8. The molecule has 0 aromatic heterocycles. The summed E-state index contributed by atoms with van der Waals surface area (Å²) in [6.07, 6.45) is 93.6. The van der Waals surface area contributed by atoms with E-state index in [1.165, 1.54) is 83.5 Å². The number of hydrogen-bond donors (Lipinski definition) is 1. The van der Waals surface area contributed by atoms with Crippen molar-refractivity contribution < 1.29 is 24.2 Å². The minimum Gasteiger partial charge on any atom is -0.462 e. The summed E-state index contributed by atoms with van der Waals surface area (Å²) in [7, 11) is 0. The van der Waals surface area contributed by atoms with Crippen molar-refractivity contribution >= 4 is 11.9 Å². The van der Waals surface area contributed by atoms with E-state index < -0.39 is 6.10 Å². The molecule has 0 saturated heterocycles. The smallest absolute Gasteiger partial charge is 0.306 e. The largest absolute Gasteiger partial charge is 0.462 e. The fourth-order valence-electron chi connectivity index (χ4n) is 7.54. The van der Waals surface area contributed by atoms with Crippen molar-refractivity contribution in [2.75, 3.05) is 13.2 Å². The van der Waals surface area contributed by atoms with Crippen LogP contribution in [0.2, 0.25) is 0 Å². The second kappa shape index (κ2) is 60.8. The molecule has 0 aromatic rings. The second-order valence-corrected chi connectivity index (χ2v) is 18.6. The molecule has 1 N–H and O–H groups in total. The number of unbranched alkanes of at least 4 members (excludes halogenated alkanes) is 17. The number of esters is 2. The van der Waals surface area contributed by atoms with Gasteiger partial charge in [0, 0.05) is 12.8 Å². The van der Waals surface area contributed by atoms with Gasteiger partial charge in [-0.3, -0.25) is 9.59 Å². The van der Waals surface area contributed by atoms with E-state index in [0.29, 0.717) is 12.8 Å². The van der Waals surface area contributed by atoms with Crippen molar-refractivity contribution in [3.63, 3.8) is 0 Å². The van der Waals surface area contributed by atoms with Crippen LogP contribution < -0.4 is 0 Å². The van der Waals surface area contributed by atoms with Crippen LogP contribution in [0.1, 0.15) is 232 Å². The molecule has 0 aromatic carbocycles. The Morgan fingerprint density at radius 2 is 0.556 bits per heavy atom. The van der Waals surface area contributed by atoms with Gasteiger partial charge in [-0.2, -0.15) is 0 Å². The number of carbonyl (C=O) groups excluding carboxylic acids is 2. The maximum Gasteiger partial charge on any atom is 0.306 e. The minimum atomic E-state index is -0.802. The fourth-order valence-corrected chi connectivity index (χ4v) is 7.54. The number of aliphatic hydroxyl groups is 1. The van der Waals surface area contributed by atoms with Gasteiger partial charge in [0.25, 0.3) is 0 Å². The summed E-state index contributed by atoms with van der Waals surface area (Å²) in [4.78, 5) is 24.5. The third-order valence-corrected chi connectivity index (χ3v) is 11.8. The van der Waals surface area contributed by atoms with E-state index in [-0.39, 0.29) is 25.2 Å². The zero-order valence-corrected chi connectivity index (χ0v) is 46.1. The van der Waals surface area contributed by atoms with Gasteiger partial charge in [0.15, 0.2) is 6.10 Å². The van der Waals surface area contributed by atoms with E-state index in [4.69, 9.17) is 9.47 Å². The zero-order valence-electron chi connectivity index (χ0n) is 46.1. The van der Waals surface area contributed by atoms with Gasteiger partial charge < -0.3 is 14.6 Å². The van der Waals surface area contributed by atoms with Gasteiger partial charge in [0.1, 0.15) is 6.61 Å². The average molecular weight is 992 g/mol. The second-order valence-electron chi connectivity index (χ2n) is 18.6. The molecule has 404 valence electrons. The van der Waals surface area contributed by atoms with Crippen LogP contribution in [0, 0.1) is 0 Å². The first-order chi connectivity index (χ1) is 35.6. The van der Waals surface area contributed by atoms with Crippen LogP contribution >= 0.6 is 0 Å². The van der Waals surface area contributed by atoms with Crippen molar-refractivity contribution in [2.45, 2.75) is 238 Å². The molecular formula is C67H106O5. The summed E-state index contributed by atoms with van der Waals surface area (Å²) in [5, 5.41) is 9.65. The monoisotopic (exact) mass is 991 g/mol. The van der Waals surface area contributed by atoms with E-state index in [0.717, 1.165) is 122 Å². The van der Waals surface area contributed by atoms with Crippen LogP contribution in [-0.4, -0.2) is 36.4 Å². The van der Waals surface area contributed by atoms with Crippen LogP contribution in [-0.2, 0) is 19.1 Å². The Hall–Kier alpha value is -4.48. The topological polar surface area (TPSA) is 72.8 Å². The summed E-state index contributed by atoms with van der Waals surface area (Å²) in [5.41, 5.74) is 0. The molecule has 0 amide bonds. The number of carbonyl (C=O) groups is 2. The first-order valence-electron chi connectivity index (χ1n) is 29.0. The Bertz CT molecular complexity index is 1590. The number of hydrogen-bond acceptors (Lipinski definition) is 5. The lowest BCUT2D eigenvalue weighted by molar-refractivity contribution is -0.161. The molecule has 0 bridgehead atoms. The highest BCUT2D eigenvalue weighted by Crippen LogP contribution is 2.15. The van der Waals surface area contributed by atoms with Gasteiger partial charge in [-0.25, -0.2) is 0 Å². The lowest BCUT2D eigenvalue weighted by Crippen LogP contribution is -2.28. The predicted octanol–water partition coefficient (Wildman–Crippen LogP) is 20.0. The zero-order chi connectivity index (χ0) is 52.0. The molecule has 0 aliphatic heterocycles. The molecule has 1 unspecified atom stereocenters. The molecule has 0 rings (SSSR count). The van der Waals surface area contributed by atoms with E-state index in [1.807, 2.05) is 0 Å². The maximum atomic E-state index is 12.3. The first-order valence-corrected chi connectivity index (χ1v) is 29.0. The fraction of sp³-hybridized carbons (Fsp3) is 0.582. The first kappa shape index (κ1) is 67.5. The maximum absolute atomic E-state index is 12.3. The minimum absolute atomic E-state index is 0.0973. The predicted molar refractivity (Wildman–Crippen MR) is 315 cm³/mol. The van der Waals surface area contributed by atoms with Gasteiger partial charge in [-0.05, 0) is 122 Å². The van der Waals surface area contributed by atoms with Crippen molar-refractivity contribution in [1.29, 1.82) is 0 Å². The van der Waals surface area contributed by atoms with E-state index >= 15 is 0 Å². The van der Waals surface area contributed by atoms with Gasteiger partial charge >= 0.3 is 11.9 Å². The molecule has 0 spiro atoms. The van der Waals surface area contributed by atoms with E-state index in [1.54, 1.807) is 0 Å². The number of aliphatic hydroxyl groups excluding tert-OH is 1. The van der Waals surface area contributed by atoms with Crippen LogP contribution in [0.15, 0.2) is 158 Å². The Morgan fingerprint density at radius 1 is 0.319 bits per heavy atom. The molecule has 0 heterocycles. The standard InChI is InChI=1S/C67H106O5/c1-3-5-7-9-11-13-15-17-19-21-23-25-26-27-28-29-30-31-32-33-34-35-36-37-38-39-40-42-44-46-48-50-52-54-56-58-60-62-67(70)72-65(63-68)64-71-66(69)61-59-57-55-53-51-49-47-45-43-41-24-22-20-18-16-14-12-10-8-6-4-2/h5-8,11-14,17-20,23-25,27-28,30-31,33-34,41,45,47,51,53,65,68H,3-4,9-10,15-16,21-22,26,29,32,35-40,42-44,46,48-50,52,54-64H2,1-2H3/b7-5-,8-6-,13-11-,14-12-,19-17-,20-18-,25-23-,28-27-,31-30-,34-33-,41-24-,47-45-,53-51-. The van der Waals surface area contributed by atoms with Gasteiger partial charge in [0.05, 0.1) is 6.61 Å². The lowest BCUT2D eigenvalue weighted by Gasteiger charge is -2.15. The SMILES string of the molecule is CC/C=C\C/C=C\C/C=C\C/C=C\C/C=C\C/C=C\C/C=C\CCCCCCCCCCCCCCCCCC(=O)OC(CO)COC(=O)CCCC/C=C\C/C=C\C/C=C\C/C=C\C/C=C\C/C=C\CC. The van der Waals surface area contributed by atoms with Crippen molar-refractivity contribution in [3.05, 3.63) is 158 Å². The lowest BCUT2D eigenvalue weighted by atomic mass is 10.0. The third kappa shape index (κ3) is 58.1. The normalized spacial score (nSPS) is 13.4. The Balaban J connectivity index is 3.58. The highest BCUT2D eigenvalue weighted by atomic mass is 16.6. The van der Waals surface area contributed by atoms with Gasteiger partial charge in [-0.1, -0.05) is 255 Å². The summed E-state index contributed by atoms with van der Waals surface area (Å²) in [5.74, 6) is -0.649. The molecule has 72 heavy (non-hydrogen) atoms. The number of allylic oxidation sites excluding steroid dienone is 26. The van der Waals surface area contributed by atoms with E-state index in [2.05, 4.69) is 172 Å². The average Bonchev–Trinajstić information content (AvgIpc) is 3.38. The number of ether oxygens (including phenoxy) is 2. The molecule has 0 aliphatic carbocycles. The molecule has 0 fully saturated rings. The molecule has 5 heteroatoms. The number of rotatable bonds is 51. The van der Waals surface area contributed by atoms with Crippen LogP contribution in [0.5, 0.6) is 0 Å². The van der Waals surface area contributed by atoms with Gasteiger partial charge in [-0.15, -0.1) is 0 Å². The molecular weight excluding hydrogens is 885 g/mol. The molecule has 0 radical (unpaired) electrons. The van der Waals surface area contributed by atoms with Crippen LogP contribution in [0.4, 0.5) is 0 Å². The molecule has 0 saturated carbocycles. The van der Waals surface area contributed by atoms with Crippen LogP contribution in [0.3, 0.4) is 0 Å². The Labute approximate surface area is 443 Å². The summed E-state index contributed by atoms with van der Waals surface area (Å²) in [6.45, 7) is 3.87. The summed E-state index contributed by atoms with van der Waals surface area (Å²) < 4.78 is 10.7. The highest BCUT2D eigenvalue weighted by molar-refractivity contribution is 5.70. The van der Waals surface area contributed by atoms with Crippen molar-refractivity contribution in [1.82, 2.24) is 0 Å². The highest BCUT2D eigenvalue weighted by Gasteiger charge is 2.16. The van der Waals surface area contributed by atoms with Gasteiger partial charge in [0.2, 0.25) is 0 Å². The van der Waals surface area contributed by atoms with E-state index in [9.17, 15) is 14.7 Å². The molecule has 0 aliphatic rings. The van der Waals surface area contributed by atoms with Crippen molar-refractivity contribution in [2.24, 2.45) is 0 Å². The molecule has 1 atom stereocenters. The Morgan fingerprint density at radius 3 is 0.861 bits per heavy atom. The summed E-state index contributed by atoms with van der Waals surface area (Å²) >= 11 is 0. The molecule has 5 nitrogen and oxygen atoms in total. The van der Waals surface area contributed by atoms with Crippen LogP contribution in [0.25, 0.3) is 0 Å².